The van der Waals surface area contributed by atoms with Crippen molar-refractivity contribution in [3.63, 3.8) is 0 Å². The maximum atomic E-state index is 11.5. The maximum absolute atomic E-state index is 11.5. The zero-order chi connectivity index (χ0) is 66.1. The monoisotopic (exact) mass is 1270 g/mol. The molecular formula is C76H80N6O12. The van der Waals surface area contributed by atoms with Crippen LogP contribution in [0.3, 0.4) is 0 Å². The number of fused-ring (bicyclic) bond motifs is 3. The first-order valence-corrected chi connectivity index (χ1v) is 31.7. The van der Waals surface area contributed by atoms with Gasteiger partial charge in [0.1, 0.15) is 34.5 Å². The van der Waals surface area contributed by atoms with Crippen molar-refractivity contribution in [1.29, 1.82) is 0 Å². The van der Waals surface area contributed by atoms with Gasteiger partial charge in [-0.15, -0.1) is 0 Å². The van der Waals surface area contributed by atoms with Crippen LogP contribution in [0, 0.1) is 0 Å². The van der Waals surface area contributed by atoms with E-state index in [2.05, 4.69) is 84.2 Å². The molecule has 3 aliphatic rings. The van der Waals surface area contributed by atoms with Crippen molar-refractivity contribution in [3.8, 4) is 34.5 Å². The molecule has 18 nitrogen and oxygen atoms in total. The Hall–Kier alpha value is -10.6. The molecule has 9 aromatic rings. The van der Waals surface area contributed by atoms with Gasteiger partial charge in [-0.05, 0) is 225 Å². The van der Waals surface area contributed by atoms with Crippen LogP contribution in [0.25, 0.3) is 0 Å². The van der Waals surface area contributed by atoms with Crippen LogP contribution in [0.2, 0.25) is 0 Å². The highest BCUT2D eigenvalue weighted by molar-refractivity contribution is 5.90. The van der Waals surface area contributed by atoms with Crippen LogP contribution >= 0.6 is 0 Å². The van der Waals surface area contributed by atoms with Crippen molar-refractivity contribution in [2.45, 2.75) is 82.5 Å². The number of carboxylic acids is 3. The number of carbonyl (C=O) groups is 3. The van der Waals surface area contributed by atoms with E-state index in [-0.39, 0.29) is 0 Å². The van der Waals surface area contributed by atoms with E-state index in [4.69, 9.17) is 28.4 Å². The average molecular weight is 1270 g/mol. The van der Waals surface area contributed by atoms with Crippen LogP contribution in [0.15, 0.2) is 183 Å². The molecule has 3 aliphatic heterocycles. The number of ether oxygens (including phenoxy) is 6. The second-order valence-corrected chi connectivity index (χ2v) is 23.3. The summed E-state index contributed by atoms with van der Waals surface area (Å²) >= 11 is 0. The van der Waals surface area contributed by atoms with Gasteiger partial charge < -0.3 is 58.4 Å². The predicted octanol–water partition coefficient (Wildman–Crippen LogP) is 15.6. The minimum Gasteiger partial charge on any atom is -0.497 e. The zero-order valence-corrected chi connectivity index (χ0v) is 53.9. The summed E-state index contributed by atoms with van der Waals surface area (Å²) in [6, 6.07) is 47.6. The third-order valence-electron chi connectivity index (χ3n) is 17.8. The molecule has 3 atom stereocenters. The highest BCUT2D eigenvalue weighted by atomic mass is 16.5. The Morgan fingerprint density at radius 2 is 0.713 bits per heavy atom. The smallest absolute Gasteiger partial charge is 0.336 e. The molecule has 0 radical (unpaired) electrons. The number of aryl methyl sites for hydroxylation is 3. The van der Waals surface area contributed by atoms with E-state index in [1.165, 1.54) is 35.3 Å². The third-order valence-corrected chi connectivity index (χ3v) is 17.8. The standard InChI is InChI=1S/C26H28N2O4.2C25H26N2O4/c1-3-31-22-9-6-20(7-10-22)28(2)21-8-11-23-18(13-15-32-25(23)16-21)4-5-19-17-27-14-12-24(19)26(29)30;2*1-27(19-5-8-21(30-2)9-6-19)20-7-10-22-17(12-14-31-24(22)15-20)3-4-18-16-26-13-11-23(18)25(28)29/h6-12,14,16-18H,3-5,13,15H2,1-2H3,(H,29,30);2*5-11,13,15-17H,3-4,12,14H2,1-2H3,(H,28,29)/t18-;2*17-/m111/s1. The number of aromatic nitrogens is 3. The summed E-state index contributed by atoms with van der Waals surface area (Å²) < 4.78 is 34.0. The van der Waals surface area contributed by atoms with E-state index in [0.29, 0.717) is 80.1 Å². The summed E-state index contributed by atoms with van der Waals surface area (Å²) in [4.78, 5) is 53.1. The highest BCUT2D eigenvalue weighted by Crippen LogP contribution is 2.43. The van der Waals surface area contributed by atoms with Crippen molar-refractivity contribution >= 4 is 52.0 Å². The van der Waals surface area contributed by atoms with Gasteiger partial charge in [-0.2, -0.15) is 0 Å². The lowest BCUT2D eigenvalue weighted by Crippen LogP contribution is -2.17. The fourth-order valence-electron chi connectivity index (χ4n) is 12.4. The second-order valence-electron chi connectivity index (χ2n) is 23.3. The molecule has 94 heavy (non-hydrogen) atoms. The second kappa shape index (κ2) is 31.6. The van der Waals surface area contributed by atoms with Crippen LogP contribution in [-0.2, 0) is 19.3 Å². The Labute approximate surface area is 548 Å². The lowest BCUT2D eigenvalue weighted by molar-refractivity contribution is 0.0684. The number of benzene rings is 6. The van der Waals surface area contributed by atoms with E-state index in [1.54, 1.807) is 51.0 Å². The number of anilines is 6. The van der Waals surface area contributed by atoms with Crippen LogP contribution in [0.5, 0.6) is 34.5 Å². The molecule has 486 valence electrons. The summed E-state index contributed by atoms with van der Waals surface area (Å²) in [5.74, 6) is 3.48. The molecule has 6 aromatic carbocycles. The fraction of sp³-hybridized carbons (Fsp3) is 0.289. The molecular weight excluding hydrogens is 1190 g/mol. The Balaban J connectivity index is 0.000000154. The van der Waals surface area contributed by atoms with Crippen LogP contribution in [-0.4, -0.2) is 110 Å². The number of carboxylic acid groups (broad SMARTS) is 3. The Morgan fingerprint density at radius 3 is 0.989 bits per heavy atom. The summed E-state index contributed by atoms with van der Waals surface area (Å²) in [5, 5.41) is 28.2. The summed E-state index contributed by atoms with van der Waals surface area (Å²) in [6.07, 6.45) is 16.9. The highest BCUT2D eigenvalue weighted by Gasteiger charge is 2.27. The molecule has 0 bridgehead atoms. The van der Waals surface area contributed by atoms with Gasteiger partial charge in [-0.25, -0.2) is 14.4 Å². The summed E-state index contributed by atoms with van der Waals surface area (Å²) in [5.41, 5.74) is 13.2. The summed E-state index contributed by atoms with van der Waals surface area (Å²) in [6.45, 7) is 4.60. The van der Waals surface area contributed by atoms with E-state index >= 15 is 0 Å². The minimum absolute atomic E-state index is 0.324. The Kier molecular flexibility index (Phi) is 22.3. The molecule has 0 spiro atoms. The van der Waals surface area contributed by atoms with Gasteiger partial charge in [-0.1, -0.05) is 18.2 Å². The quantitative estimate of drug-likeness (QED) is 0.0575. The molecule has 18 heteroatoms. The normalized spacial score (nSPS) is 14.9. The first-order chi connectivity index (χ1) is 45.7. The molecule has 6 heterocycles. The Bertz CT molecular complexity index is 3860. The van der Waals surface area contributed by atoms with Crippen molar-refractivity contribution in [2.24, 2.45) is 0 Å². The molecule has 0 unspecified atom stereocenters. The SMILES string of the molecule is CCOc1ccc(N(C)c2ccc3c(c2)OCC[C@H]3CCc2cnccc2C(=O)O)cc1.COc1ccc(N(C)c2ccc3c(c2)OCC[C@H]3CCc2cnccc2C(=O)O)cc1.COc1ccc(N(C)c2ccc3c(c2)OCC[C@H]3CCc2cnccc2C(=O)O)cc1. The molecule has 0 amide bonds. The van der Waals surface area contributed by atoms with E-state index in [9.17, 15) is 29.7 Å². The van der Waals surface area contributed by atoms with E-state index in [0.717, 1.165) is 124 Å². The zero-order valence-electron chi connectivity index (χ0n) is 53.9. The Morgan fingerprint density at radius 1 is 0.426 bits per heavy atom. The molecule has 0 aliphatic carbocycles. The third kappa shape index (κ3) is 16.3. The largest absolute Gasteiger partial charge is 0.497 e. The van der Waals surface area contributed by atoms with Crippen molar-refractivity contribution in [2.75, 3.05) is 76.5 Å². The van der Waals surface area contributed by atoms with Gasteiger partial charge >= 0.3 is 17.9 Å². The van der Waals surface area contributed by atoms with Gasteiger partial charge in [-0.3, -0.25) is 15.0 Å². The van der Waals surface area contributed by atoms with Crippen LogP contribution < -0.4 is 43.1 Å². The number of hydrogen-bond donors (Lipinski definition) is 3. The van der Waals surface area contributed by atoms with Gasteiger partial charge in [0.25, 0.3) is 0 Å². The topological polar surface area (TPSA) is 216 Å². The molecule has 0 saturated carbocycles. The first kappa shape index (κ1) is 66.3. The van der Waals surface area contributed by atoms with Crippen LogP contribution in [0.4, 0.5) is 34.1 Å². The van der Waals surface area contributed by atoms with Gasteiger partial charge in [0.15, 0.2) is 0 Å². The number of pyridine rings is 3. The lowest BCUT2D eigenvalue weighted by Gasteiger charge is -2.28. The molecule has 0 fully saturated rings. The van der Waals surface area contributed by atoms with E-state index < -0.39 is 17.9 Å². The number of aromatic carboxylic acids is 3. The lowest BCUT2D eigenvalue weighted by atomic mass is 9.87. The molecule has 12 rings (SSSR count). The van der Waals surface area contributed by atoms with Crippen molar-refractivity contribution in [3.05, 3.63) is 233 Å². The van der Waals surface area contributed by atoms with Gasteiger partial charge in [0.2, 0.25) is 0 Å². The molecule has 3 aromatic heterocycles. The number of methoxy groups -OCH3 is 2. The fourth-order valence-corrected chi connectivity index (χ4v) is 12.4. The first-order valence-electron chi connectivity index (χ1n) is 31.7. The number of nitrogens with zero attached hydrogens (tertiary/aromatic N) is 6. The van der Waals surface area contributed by atoms with Gasteiger partial charge in [0.05, 0.1) is 57.3 Å². The van der Waals surface area contributed by atoms with Crippen molar-refractivity contribution in [1.82, 2.24) is 15.0 Å². The number of rotatable bonds is 22. The van der Waals surface area contributed by atoms with Crippen molar-refractivity contribution < 1.29 is 58.1 Å². The number of hydrogen-bond acceptors (Lipinski definition) is 15. The van der Waals surface area contributed by atoms with E-state index in [1.807, 2.05) is 101 Å². The average Bonchev–Trinajstić information content (AvgIpc) is 0.861. The molecule has 3 N–H and O–H groups in total. The minimum atomic E-state index is -0.906. The van der Waals surface area contributed by atoms with Crippen LogP contribution in [0.1, 0.15) is 128 Å². The summed E-state index contributed by atoms with van der Waals surface area (Å²) in [7, 11) is 9.41. The van der Waals surface area contributed by atoms with Gasteiger partial charge in [0, 0.05) is 111 Å². The predicted molar refractivity (Wildman–Crippen MR) is 364 cm³/mol. The maximum Gasteiger partial charge on any atom is 0.336 e. The molecule has 0 saturated heterocycles.